The molecule has 5 heteroatoms. The first-order valence-electron chi connectivity index (χ1n) is 4.29. The molecule has 5 nitrogen and oxygen atoms in total. The lowest BCUT2D eigenvalue weighted by Crippen LogP contribution is -2.27. The zero-order valence-electron chi connectivity index (χ0n) is 7.36. The first-order valence-corrected chi connectivity index (χ1v) is 4.29. The highest BCUT2D eigenvalue weighted by atomic mass is 16.2. The van der Waals surface area contributed by atoms with Crippen LogP contribution in [0.1, 0.15) is 18.2 Å². The Morgan fingerprint density at radius 1 is 1.29 bits per heavy atom. The smallest absolute Gasteiger partial charge is 0.295 e. The number of rotatable bonds is 1. The van der Waals surface area contributed by atoms with Gasteiger partial charge in [-0.3, -0.25) is 9.97 Å². The molecule has 0 amide bonds. The van der Waals surface area contributed by atoms with Crippen molar-refractivity contribution in [3.63, 3.8) is 0 Å². The van der Waals surface area contributed by atoms with E-state index >= 15 is 0 Å². The molecule has 1 unspecified atom stereocenters. The topological polar surface area (TPSA) is 78.6 Å². The van der Waals surface area contributed by atoms with Crippen LogP contribution in [0.15, 0.2) is 33.9 Å². The molecule has 72 valence electrons. The fraction of sp³-hybridized carbons (Fsp3) is 0.222. The predicted molar refractivity (Wildman–Crippen MR) is 51.1 cm³/mol. The molecule has 0 aliphatic heterocycles. The molecule has 2 rings (SSSR count). The van der Waals surface area contributed by atoms with Gasteiger partial charge in [-0.05, 0) is 6.42 Å². The minimum Gasteiger partial charge on any atom is -0.295 e. The van der Waals surface area contributed by atoms with Gasteiger partial charge in [0.1, 0.15) is 5.82 Å². The highest BCUT2D eigenvalue weighted by Crippen LogP contribution is 2.19. The maximum absolute atomic E-state index is 11.0. The first kappa shape index (κ1) is 8.68. The number of aromatic amines is 2. The van der Waals surface area contributed by atoms with Gasteiger partial charge in [0.25, 0.3) is 0 Å². The van der Waals surface area contributed by atoms with Crippen molar-refractivity contribution < 1.29 is 0 Å². The molecule has 1 aromatic rings. The molecule has 0 saturated carbocycles. The lowest BCUT2D eigenvalue weighted by molar-refractivity contribution is 0.732. The fourth-order valence-electron chi connectivity index (χ4n) is 1.37. The molecular formula is C9H9N3O2. The van der Waals surface area contributed by atoms with Gasteiger partial charge in [0.15, 0.2) is 0 Å². The van der Waals surface area contributed by atoms with E-state index in [1.54, 1.807) is 0 Å². The average Bonchev–Trinajstić information content (AvgIpc) is 2.18. The van der Waals surface area contributed by atoms with E-state index in [0.717, 1.165) is 6.42 Å². The van der Waals surface area contributed by atoms with Crippen LogP contribution in [-0.4, -0.2) is 15.0 Å². The summed E-state index contributed by atoms with van der Waals surface area (Å²) in [5.41, 5.74) is -1.12. The summed E-state index contributed by atoms with van der Waals surface area (Å²) in [5, 5.41) is 0. The SMILES string of the molecule is O=c1nc(C2C=CC=CC2)[nH]c(=O)[nH]1. The summed E-state index contributed by atoms with van der Waals surface area (Å²) in [7, 11) is 0. The summed E-state index contributed by atoms with van der Waals surface area (Å²) >= 11 is 0. The van der Waals surface area contributed by atoms with Crippen molar-refractivity contribution >= 4 is 0 Å². The van der Waals surface area contributed by atoms with E-state index in [1.807, 2.05) is 29.3 Å². The Balaban J connectivity index is 2.41. The van der Waals surface area contributed by atoms with Gasteiger partial charge in [0, 0.05) is 5.92 Å². The second-order valence-electron chi connectivity index (χ2n) is 3.04. The van der Waals surface area contributed by atoms with Gasteiger partial charge >= 0.3 is 11.4 Å². The Hall–Kier alpha value is -1.91. The van der Waals surface area contributed by atoms with Crippen LogP contribution in [0.25, 0.3) is 0 Å². The standard InChI is InChI=1S/C9H9N3O2/c13-8-10-7(11-9(14)12-8)6-4-2-1-3-5-6/h1-4,6H,5H2,(H2,10,11,12,13,14). The molecule has 1 heterocycles. The predicted octanol–water partition coefficient (Wildman–Crippen LogP) is 0.0579. The third-order valence-electron chi connectivity index (χ3n) is 2.02. The molecule has 0 fully saturated rings. The second-order valence-corrected chi connectivity index (χ2v) is 3.04. The average molecular weight is 191 g/mol. The van der Waals surface area contributed by atoms with Gasteiger partial charge in [0.2, 0.25) is 0 Å². The van der Waals surface area contributed by atoms with Gasteiger partial charge < -0.3 is 0 Å². The van der Waals surface area contributed by atoms with Crippen LogP contribution >= 0.6 is 0 Å². The van der Waals surface area contributed by atoms with Crippen LogP contribution in [-0.2, 0) is 0 Å². The van der Waals surface area contributed by atoms with Crippen molar-refractivity contribution in [3.05, 3.63) is 51.1 Å². The fourth-order valence-corrected chi connectivity index (χ4v) is 1.37. The Labute approximate surface area is 79.2 Å². The van der Waals surface area contributed by atoms with Crippen molar-refractivity contribution in [2.75, 3.05) is 0 Å². The lowest BCUT2D eigenvalue weighted by atomic mass is 10.0. The number of nitrogens with one attached hydrogen (secondary N) is 2. The largest absolute Gasteiger partial charge is 0.350 e. The Bertz CT molecular complexity index is 467. The molecular weight excluding hydrogens is 182 g/mol. The van der Waals surface area contributed by atoms with E-state index in [2.05, 4.69) is 9.97 Å². The quantitative estimate of drug-likeness (QED) is 0.658. The van der Waals surface area contributed by atoms with Crippen LogP contribution in [0.4, 0.5) is 0 Å². The molecule has 14 heavy (non-hydrogen) atoms. The zero-order valence-corrected chi connectivity index (χ0v) is 7.36. The summed E-state index contributed by atoms with van der Waals surface area (Å²) in [4.78, 5) is 30.1. The van der Waals surface area contributed by atoms with Crippen LogP contribution in [0.3, 0.4) is 0 Å². The molecule has 0 bridgehead atoms. The summed E-state index contributed by atoms with van der Waals surface area (Å²) in [6, 6.07) is 0. The third-order valence-corrected chi connectivity index (χ3v) is 2.02. The van der Waals surface area contributed by atoms with Crippen molar-refractivity contribution in [1.29, 1.82) is 0 Å². The first-order chi connectivity index (χ1) is 6.75. The highest BCUT2D eigenvalue weighted by molar-refractivity contribution is 5.18. The summed E-state index contributed by atoms with van der Waals surface area (Å²) in [6.45, 7) is 0. The molecule has 1 atom stereocenters. The minimum absolute atomic E-state index is 0.00463. The van der Waals surface area contributed by atoms with Crippen molar-refractivity contribution in [3.8, 4) is 0 Å². The minimum atomic E-state index is -0.605. The van der Waals surface area contributed by atoms with Gasteiger partial charge in [-0.15, -0.1) is 0 Å². The molecule has 1 aromatic heterocycles. The van der Waals surface area contributed by atoms with E-state index < -0.39 is 11.4 Å². The molecule has 1 aliphatic carbocycles. The molecule has 0 spiro atoms. The number of nitrogens with zero attached hydrogens (tertiary/aromatic N) is 1. The summed E-state index contributed by atoms with van der Waals surface area (Å²) in [5.74, 6) is 0.411. The lowest BCUT2D eigenvalue weighted by Gasteiger charge is -2.10. The van der Waals surface area contributed by atoms with Crippen molar-refractivity contribution in [2.45, 2.75) is 12.3 Å². The van der Waals surface area contributed by atoms with Crippen LogP contribution < -0.4 is 11.4 Å². The molecule has 0 saturated heterocycles. The Morgan fingerprint density at radius 3 is 2.79 bits per heavy atom. The molecule has 2 N–H and O–H groups in total. The highest BCUT2D eigenvalue weighted by Gasteiger charge is 2.11. The normalized spacial score (nSPS) is 19.9. The Kier molecular flexibility index (Phi) is 2.14. The summed E-state index contributed by atoms with van der Waals surface area (Å²) in [6.07, 6.45) is 8.41. The van der Waals surface area contributed by atoms with E-state index in [9.17, 15) is 9.59 Å². The summed E-state index contributed by atoms with van der Waals surface area (Å²) < 4.78 is 0. The monoisotopic (exact) mass is 191 g/mol. The maximum Gasteiger partial charge on any atom is 0.350 e. The van der Waals surface area contributed by atoms with Crippen LogP contribution in [0.5, 0.6) is 0 Å². The van der Waals surface area contributed by atoms with Crippen LogP contribution in [0.2, 0.25) is 0 Å². The zero-order chi connectivity index (χ0) is 9.97. The van der Waals surface area contributed by atoms with E-state index in [1.165, 1.54) is 0 Å². The van der Waals surface area contributed by atoms with Crippen LogP contribution in [0, 0.1) is 0 Å². The van der Waals surface area contributed by atoms with Crippen molar-refractivity contribution in [1.82, 2.24) is 15.0 Å². The van der Waals surface area contributed by atoms with E-state index in [-0.39, 0.29) is 5.92 Å². The second kappa shape index (κ2) is 3.45. The maximum atomic E-state index is 11.0. The Morgan fingerprint density at radius 2 is 2.14 bits per heavy atom. The van der Waals surface area contributed by atoms with Crippen molar-refractivity contribution in [2.24, 2.45) is 0 Å². The van der Waals surface area contributed by atoms with E-state index in [4.69, 9.17) is 0 Å². The number of hydrogen-bond acceptors (Lipinski definition) is 3. The molecule has 0 aromatic carbocycles. The molecule has 1 aliphatic rings. The van der Waals surface area contributed by atoms with Gasteiger partial charge in [-0.2, -0.15) is 4.98 Å². The molecule has 0 radical (unpaired) electrons. The van der Waals surface area contributed by atoms with Gasteiger partial charge in [-0.25, -0.2) is 9.59 Å². The number of allylic oxidation sites excluding steroid dienone is 4. The van der Waals surface area contributed by atoms with Gasteiger partial charge in [0.05, 0.1) is 0 Å². The number of H-pyrrole nitrogens is 2. The van der Waals surface area contributed by atoms with Gasteiger partial charge in [-0.1, -0.05) is 24.3 Å². The third kappa shape index (κ3) is 1.71. The number of aromatic nitrogens is 3. The van der Waals surface area contributed by atoms with E-state index in [0.29, 0.717) is 5.82 Å². The number of hydrogen-bond donors (Lipinski definition) is 2.